The number of carbonyl (C=O) groups excluding carboxylic acids is 1. The van der Waals surface area contributed by atoms with Crippen molar-refractivity contribution in [1.82, 2.24) is 5.32 Å². The first-order chi connectivity index (χ1) is 17.6. The summed E-state index contributed by atoms with van der Waals surface area (Å²) in [5.41, 5.74) is 26.1. The average molecular weight is 522 g/mol. The van der Waals surface area contributed by atoms with Crippen LogP contribution in [0.2, 0.25) is 0 Å². The highest BCUT2D eigenvalue weighted by Gasteiger charge is 2.39. The molecule has 0 bridgehead atoms. The Kier molecular flexibility index (Phi) is 10.3. The highest BCUT2D eigenvalue weighted by atomic mass is 16.2. The van der Waals surface area contributed by atoms with Crippen LogP contribution in [0.5, 0.6) is 0 Å². The summed E-state index contributed by atoms with van der Waals surface area (Å²) in [7, 11) is 0. The second kappa shape index (κ2) is 12.8. The predicted octanol–water partition coefficient (Wildman–Crippen LogP) is 3.11. The molecule has 8 nitrogen and oxygen atoms in total. The number of nitrogens with two attached hydrogens (primary N) is 4. The van der Waals surface area contributed by atoms with Crippen LogP contribution in [0.25, 0.3) is 0 Å². The minimum absolute atomic E-state index is 0.0372. The number of aliphatic imine (C=N–C) groups is 2. The molecule has 0 heterocycles. The van der Waals surface area contributed by atoms with Gasteiger partial charge in [-0.2, -0.15) is 0 Å². The zero-order valence-corrected chi connectivity index (χ0v) is 24.0. The largest absolute Gasteiger partial charge is 0.370 e. The molecule has 0 aliphatic rings. The third kappa shape index (κ3) is 9.39. The van der Waals surface area contributed by atoms with Crippen LogP contribution in [0.4, 0.5) is 0 Å². The normalized spacial score (nSPS) is 12.1. The van der Waals surface area contributed by atoms with E-state index in [9.17, 15) is 4.79 Å². The van der Waals surface area contributed by atoms with Crippen molar-refractivity contribution in [3.8, 4) is 0 Å². The van der Waals surface area contributed by atoms with Crippen LogP contribution in [0.1, 0.15) is 70.2 Å². The summed E-state index contributed by atoms with van der Waals surface area (Å²) in [6.07, 6.45) is 1.58. The number of hydrogen-bond donors (Lipinski definition) is 5. The van der Waals surface area contributed by atoms with Crippen molar-refractivity contribution < 1.29 is 4.79 Å². The number of hydrogen-bond acceptors (Lipinski definition) is 3. The fraction of sp³-hybridized carbons (Fsp3) is 0.500. The van der Waals surface area contributed by atoms with Gasteiger partial charge < -0.3 is 28.3 Å². The lowest BCUT2D eigenvalue weighted by molar-refractivity contribution is -0.130. The molecule has 9 N–H and O–H groups in total. The van der Waals surface area contributed by atoms with Gasteiger partial charge in [-0.3, -0.25) is 14.8 Å². The molecule has 0 radical (unpaired) electrons. The lowest BCUT2D eigenvalue weighted by atomic mass is 9.74. The summed E-state index contributed by atoms with van der Waals surface area (Å²) >= 11 is 0. The highest BCUT2D eigenvalue weighted by Crippen LogP contribution is 2.32. The molecule has 2 rings (SSSR count). The van der Waals surface area contributed by atoms with Crippen molar-refractivity contribution in [3.05, 3.63) is 70.8 Å². The molecule has 2 aromatic carbocycles. The molecular formula is C30H47N7O. The van der Waals surface area contributed by atoms with Gasteiger partial charge in [-0.05, 0) is 52.3 Å². The van der Waals surface area contributed by atoms with Gasteiger partial charge in [0.05, 0.1) is 12.0 Å². The van der Waals surface area contributed by atoms with E-state index >= 15 is 0 Å². The van der Waals surface area contributed by atoms with E-state index in [0.717, 1.165) is 11.1 Å². The summed E-state index contributed by atoms with van der Waals surface area (Å²) in [5, 5.41) is 3.09. The minimum Gasteiger partial charge on any atom is -0.370 e. The van der Waals surface area contributed by atoms with Gasteiger partial charge in [-0.1, -0.05) is 90.1 Å². The van der Waals surface area contributed by atoms with E-state index in [2.05, 4.69) is 105 Å². The minimum atomic E-state index is -0.896. The van der Waals surface area contributed by atoms with Gasteiger partial charge >= 0.3 is 0 Å². The molecule has 0 fully saturated rings. The quantitative estimate of drug-likeness (QED) is 0.174. The van der Waals surface area contributed by atoms with Crippen LogP contribution in [0.15, 0.2) is 58.5 Å². The Hall–Kier alpha value is -3.55. The number of nitrogens with zero attached hydrogens (tertiary/aromatic N) is 2. The lowest BCUT2D eigenvalue weighted by Crippen LogP contribution is -2.47. The fourth-order valence-corrected chi connectivity index (χ4v) is 4.35. The second-order valence-electron chi connectivity index (χ2n) is 12.2. The molecular weight excluding hydrogens is 474 g/mol. The maximum atomic E-state index is 13.9. The molecule has 0 atom stereocenters. The summed E-state index contributed by atoms with van der Waals surface area (Å²) < 4.78 is 0. The molecule has 0 saturated heterocycles. The van der Waals surface area contributed by atoms with Crippen LogP contribution in [0, 0.1) is 5.41 Å². The number of nitrogens with one attached hydrogen (secondary N) is 1. The Balaban J connectivity index is 2.45. The molecule has 0 aliphatic carbocycles. The number of rotatable bonds is 11. The number of amides is 1. The molecule has 8 heteroatoms. The first-order valence-corrected chi connectivity index (χ1v) is 13.2. The van der Waals surface area contributed by atoms with Crippen molar-refractivity contribution in [2.24, 2.45) is 38.3 Å². The second-order valence-corrected chi connectivity index (χ2v) is 12.2. The predicted molar refractivity (Wildman–Crippen MR) is 159 cm³/mol. The van der Waals surface area contributed by atoms with Crippen LogP contribution < -0.4 is 28.3 Å². The summed E-state index contributed by atoms with van der Waals surface area (Å²) in [6.45, 7) is 14.1. The average Bonchev–Trinajstić information content (AvgIpc) is 2.81. The standard InChI is InChI=1S/C30H47N7O/c1-28(2,3)23-12-8-21(9-13-23)18-30(20-37-27(33)34,25(38)35-16-7-17-36-26(31)32)19-22-10-14-24(15-11-22)29(4,5)6/h8-15H,7,16-20H2,1-6H3,(H,35,38)(H4,31,32,36)(H4,33,34,37). The fourth-order valence-electron chi connectivity index (χ4n) is 4.35. The Morgan fingerprint density at radius 2 is 1.13 bits per heavy atom. The van der Waals surface area contributed by atoms with E-state index in [4.69, 9.17) is 22.9 Å². The number of benzene rings is 2. The van der Waals surface area contributed by atoms with Gasteiger partial charge in [0.2, 0.25) is 5.91 Å². The molecule has 208 valence electrons. The van der Waals surface area contributed by atoms with E-state index in [-0.39, 0.29) is 35.2 Å². The maximum Gasteiger partial charge on any atom is 0.228 e. The van der Waals surface area contributed by atoms with Gasteiger partial charge in [0.15, 0.2) is 11.9 Å². The zero-order valence-electron chi connectivity index (χ0n) is 24.0. The van der Waals surface area contributed by atoms with E-state index in [1.165, 1.54) is 11.1 Å². The monoisotopic (exact) mass is 521 g/mol. The van der Waals surface area contributed by atoms with E-state index in [1.54, 1.807) is 0 Å². The molecule has 1 amide bonds. The van der Waals surface area contributed by atoms with Gasteiger partial charge in [-0.25, -0.2) is 0 Å². The van der Waals surface area contributed by atoms with Crippen molar-refractivity contribution in [2.45, 2.75) is 71.6 Å². The smallest absolute Gasteiger partial charge is 0.228 e. The van der Waals surface area contributed by atoms with E-state index < -0.39 is 5.41 Å². The van der Waals surface area contributed by atoms with Crippen LogP contribution >= 0.6 is 0 Å². The topological polar surface area (TPSA) is 158 Å². The third-order valence-electron chi connectivity index (χ3n) is 6.69. The van der Waals surface area contributed by atoms with Crippen molar-refractivity contribution in [1.29, 1.82) is 0 Å². The summed E-state index contributed by atoms with van der Waals surface area (Å²) in [4.78, 5) is 22.2. The maximum absolute atomic E-state index is 13.9. The van der Waals surface area contributed by atoms with Crippen LogP contribution in [-0.4, -0.2) is 37.5 Å². The molecule has 0 saturated carbocycles. The Morgan fingerprint density at radius 3 is 1.50 bits per heavy atom. The highest BCUT2D eigenvalue weighted by molar-refractivity contribution is 5.84. The van der Waals surface area contributed by atoms with Crippen molar-refractivity contribution >= 4 is 17.8 Å². The SMILES string of the molecule is CC(C)(C)c1ccc(CC(CN=C(N)N)(Cc2ccc(C(C)(C)C)cc2)C(=O)NCCCN=C(N)N)cc1. The van der Waals surface area contributed by atoms with E-state index in [1.807, 2.05) is 0 Å². The van der Waals surface area contributed by atoms with Gasteiger partial charge in [-0.15, -0.1) is 0 Å². The first kappa shape index (κ1) is 30.7. The first-order valence-electron chi connectivity index (χ1n) is 13.2. The summed E-state index contributed by atoms with van der Waals surface area (Å²) in [6, 6.07) is 16.9. The van der Waals surface area contributed by atoms with Crippen LogP contribution in [0.3, 0.4) is 0 Å². The molecule has 0 aliphatic heterocycles. The number of guanidine groups is 2. The Labute approximate surface area is 228 Å². The zero-order chi connectivity index (χ0) is 28.6. The van der Waals surface area contributed by atoms with Crippen LogP contribution in [-0.2, 0) is 28.5 Å². The summed E-state index contributed by atoms with van der Waals surface area (Å²) in [5.74, 6) is -0.107. The molecule has 0 aromatic heterocycles. The van der Waals surface area contributed by atoms with Crippen molar-refractivity contribution in [2.75, 3.05) is 19.6 Å². The lowest BCUT2D eigenvalue weighted by Gasteiger charge is -2.32. The molecule has 38 heavy (non-hydrogen) atoms. The van der Waals surface area contributed by atoms with Gasteiger partial charge in [0.1, 0.15) is 0 Å². The Morgan fingerprint density at radius 1 is 0.711 bits per heavy atom. The van der Waals surface area contributed by atoms with E-state index in [0.29, 0.717) is 32.4 Å². The van der Waals surface area contributed by atoms with Gasteiger partial charge in [0, 0.05) is 13.1 Å². The Bertz CT molecular complexity index is 1040. The molecule has 0 unspecified atom stereocenters. The third-order valence-corrected chi connectivity index (χ3v) is 6.69. The van der Waals surface area contributed by atoms with Crippen molar-refractivity contribution in [3.63, 3.8) is 0 Å². The number of carbonyl (C=O) groups is 1. The molecule has 2 aromatic rings. The molecule has 0 spiro atoms. The van der Waals surface area contributed by atoms with Gasteiger partial charge in [0.25, 0.3) is 0 Å².